The van der Waals surface area contributed by atoms with Gasteiger partial charge >= 0.3 is 0 Å². The fourth-order valence-electron chi connectivity index (χ4n) is 3.00. The highest BCUT2D eigenvalue weighted by atomic mass is 19.1. The Balaban J connectivity index is 2.22. The largest absolute Gasteiger partial charge is 0.354 e. The van der Waals surface area contributed by atoms with Crippen LogP contribution in [-0.4, -0.2) is 29.3 Å². The van der Waals surface area contributed by atoms with Crippen LogP contribution in [0.3, 0.4) is 0 Å². The number of hydrogen-bond acceptors (Lipinski definition) is 2. The first-order valence-corrected chi connectivity index (χ1v) is 9.79. The zero-order chi connectivity index (χ0) is 20.5. The van der Waals surface area contributed by atoms with Gasteiger partial charge in [0.1, 0.15) is 11.9 Å². The van der Waals surface area contributed by atoms with Crippen molar-refractivity contribution in [3.63, 3.8) is 0 Å². The Morgan fingerprint density at radius 3 is 2.36 bits per heavy atom. The monoisotopic (exact) mass is 384 g/mol. The zero-order valence-electron chi connectivity index (χ0n) is 16.9. The summed E-state index contributed by atoms with van der Waals surface area (Å²) in [5, 5.41) is 2.87. The molecule has 0 aromatic heterocycles. The lowest BCUT2D eigenvalue weighted by Crippen LogP contribution is -2.48. The van der Waals surface area contributed by atoms with Crippen LogP contribution in [0.15, 0.2) is 48.5 Å². The van der Waals surface area contributed by atoms with Crippen LogP contribution in [0.5, 0.6) is 0 Å². The lowest BCUT2D eigenvalue weighted by molar-refractivity contribution is -0.140. The maximum Gasteiger partial charge on any atom is 0.242 e. The highest BCUT2D eigenvalue weighted by molar-refractivity contribution is 5.88. The van der Waals surface area contributed by atoms with Gasteiger partial charge in [0.05, 0.1) is 6.42 Å². The summed E-state index contributed by atoms with van der Waals surface area (Å²) >= 11 is 0. The van der Waals surface area contributed by atoms with Crippen molar-refractivity contribution in [3.05, 3.63) is 71.0 Å². The van der Waals surface area contributed by atoms with Gasteiger partial charge in [-0.15, -0.1) is 0 Å². The van der Waals surface area contributed by atoms with Crippen LogP contribution in [0, 0.1) is 12.7 Å². The topological polar surface area (TPSA) is 49.4 Å². The molecule has 0 spiro atoms. The van der Waals surface area contributed by atoms with E-state index in [9.17, 15) is 14.0 Å². The van der Waals surface area contributed by atoms with Gasteiger partial charge in [-0.1, -0.05) is 55.8 Å². The number of aryl methyl sites for hydroxylation is 1. The zero-order valence-corrected chi connectivity index (χ0v) is 16.9. The van der Waals surface area contributed by atoms with Gasteiger partial charge in [0, 0.05) is 18.7 Å². The molecule has 0 bridgehead atoms. The van der Waals surface area contributed by atoms with Crippen molar-refractivity contribution in [2.45, 2.75) is 52.6 Å². The molecule has 1 atom stereocenters. The van der Waals surface area contributed by atoms with Crippen LogP contribution >= 0.6 is 0 Å². The smallest absolute Gasteiger partial charge is 0.242 e. The molecule has 0 heterocycles. The normalized spacial score (nSPS) is 11.7. The number of benzene rings is 2. The van der Waals surface area contributed by atoms with Crippen LogP contribution in [0.1, 0.15) is 43.4 Å². The Labute approximate surface area is 166 Å². The molecular weight excluding hydrogens is 355 g/mol. The summed E-state index contributed by atoms with van der Waals surface area (Å²) in [5.41, 5.74) is 2.32. The van der Waals surface area contributed by atoms with Gasteiger partial charge in [0.25, 0.3) is 0 Å². The third-order valence-corrected chi connectivity index (χ3v) is 4.90. The Hall–Kier alpha value is -2.69. The van der Waals surface area contributed by atoms with Crippen LogP contribution in [0.4, 0.5) is 4.39 Å². The van der Waals surface area contributed by atoms with E-state index in [1.165, 1.54) is 11.0 Å². The number of amides is 2. The minimum atomic E-state index is -0.687. The molecule has 2 aromatic rings. The van der Waals surface area contributed by atoms with Gasteiger partial charge in [-0.3, -0.25) is 9.59 Å². The summed E-state index contributed by atoms with van der Waals surface area (Å²) in [6.45, 7) is 6.31. The number of nitrogens with zero attached hydrogens (tertiary/aromatic N) is 1. The van der Waals surface area contributed by atoms with E-state index in [1.54, 1.807) is 25.1 Å². The summed E-state index contributed by atoms with van der Waals surface area (Å²) in [6, 6.07) is 13.3. The molecule has 5 heteroatoms. The van der Waals surface area contributed by atoms with Crippen LogP contribution in [0.2, 0.25) is 0 Å². The third-order valence-electron chi connectivity index (χ3n) is 4.90. The molecule has 0 saturated heterocycles. The number of hydrogen-bond donors (Lipinski definition) is 1. The summed E-state index contributed by atoms with van der Waals surface area (Å²) in [6.07, 6.45) is 2.02. The number of rotatable bonds is 9. The minimum Gasteiger partial charge on any atom is -0.354 e. The Morgan fingerprint density at radius 1 is 1.07 bits per heavy atom. The van der Waals surface area contributed by atoms with E-state index in [2.05, 4.69) is 5.32 Å². The molecule has 0 saturated carbocycles. The Bertz CT molecular complexity index is 807. The molecule has 2 rings (SSSR count). The SMILES string of the molecule is CCCCNC(=O)[C@@H](C)N(Cc1ccccc1F)C(=O)Cc1ccccc1C. The fourth-order valence-corrected chi connectivity index (χ4v) is 3.00. The molecule has 0 radical (unpaired) electrons. The van der Waals surface area contributed by atoms with Crippen LogP contribution < -0.4 is 5.32 Å². The molecule has 150 valence electrons. The minimum absolute atomic E-state index is 0.0553. The van der Waals surface area contributed by atoms with E-state index in [4.69, 9.17) is 0 Å². The molecule has 0 fully saturated rings. The fraction of sp³-hybridized carbons (Fsp3) is 0.391. The number of nitrogens with one attached hydrogen (secondary N) is 1. The maximum atomic E-state index is 14.2. The van der Waals surface area contributed by atoms with Gasteiger partial charge in [-0.25, -0.2) is 4.39 Å². The highest BCUT2D eigenvalue weighted by Gasteiger charge is 2.27. The quantitative estimate of drug-likeness (QED) is 0.664. The molecule has 28 heavy (non-hydrogen) atoms. The van der Waals surface area contributed by atoms with E-state index in [0.717, 1.165) is 24.0 Å². The molecular formula is C23H29FN2O2. The summed E-state index contributed by atoms with van der Waals surface area (Å²) < 4.78 is 14.2. The van der Waals surface area contributed by atoms with Crippen LogP contribution in [0.25, 0.3) is 0 Å². The second-order valence-electron chi connectivity index (χ2n) is 7.04. The molecule has 0 aliphatic carbocycles. The first-order valence-electron chi connectivity index (χ1n) is 9.79. The molecule has 0 aliphatic heterocycles. The molecule has 2 amide bonds. The average molecular weight is 384 g/mol. The summed E-state index contributed by atoms with van der Waals surface area (Å²) in [7, 11) is 0. The summed E-state index contributed by atoms with van der Waals surface area (Å²) in [5.74, 6) is -0.798. The van der Waals surface area contributed by atoms with Crippen molar-refractivity contribution in [1.82, 2.24) is 10.2 Å². The number of unbranched alkanes of at least 4 members (excludes halogenated alkanes) is 1. The molecule has 0 unspecified atom stereocenters. The lowest BCUT2D eigenvalue weighted by atomic mass is 10.0. The van der Waals surface area contributed by atoms with Gasteiger partial charge in [0.2, 0.25) is 11.8 Å². The predicted octanol–water partition coefficient (Wildman–Crippen LogP) is 4.01. The number of carbonyl (C=O) groups is 2. The third kappa shape index (κ3) is 5.91. The standard InChI is InChI=1S/C23H29FN2O2/c1-4-5-14-25-23(28)18(3)26(16-20-12-8-9-13-21(20)24)22(27)15-19-11-7-6-10-17(19)2/h6-13,18H,4-5,14-16H2,1-3H3,(H,25,28)/t18-/m1/s1. The summed E-state index contributed by atoms with van der Waals surface area (Å²) in [4.78, 5) is 27.1. The van der Waals surface area contributed by atoms with E-state index < -0.39 is 6.04 Å². The second-order valence-corrected chi connectivity index (χ2v) is 7.04. The number of carbonyl (C=O) groups excluding carboxylic acids is 2. The first-order chi connectivity index (χ1) is 13.4. The van der Waals surface area contributed by atoms with E-state index in [-0.39, 0.29) is 30.6 Å². The number of halogens is 1. The van der Waals surface area contributed by atoms with E-state index in [1.807, 2.05) is 38.1 Å². The van der Waals surface area contributed by atoms with Crippen molar-refractivity contribution in [3.8, 4) is 0 Å². The van der Waals surface area contributed by atoms with Gasteiger partial charge in [-0.05, 0) is 37.5 Å². The van der Waals surface area contributed by atoms with Gasteiger partial charge in [0.15, 0.2) is 0 Å². The molecule has 1 N–H and O–H groups in total. The molecule has 0 aliphatic rings. The van der Waals surface area contributed by atoms with Crippen molar-refractivity contribution < 1.29 is 14.0 Å². The van der Waals surface area contributed by atoms with E-state index in [0.29, 0.717) is 12.1 Å². The first kappa shape index (κ1) is 21.6. The average Bonchev–Trinajstić information content (AvgIpc) is 2.68. The van der Waals surface area contributed by atoms with E-state index >= 15 is 0 Å². The predicted molar refractivity (Wildman–Crippen MR) is 109 cm³/mol. The van der Waals surface area contributed by atoms with Crippen molar-refractivity contribution in [2.24, 2.45) is 0 Å². The van der Waals surface area contributed by atoms with Crippen molar-refractivity contribution >= 4 is 11.8 Å². The van der Waals surface area contributed by atoms with Crippen molar-refractivity contribution in [1.29, 1.82) is 0 Å². The lowest BCUT2D eigenvalue weighted by Gasteiger charge is -2.29. The van der Waals surface area contributed by atoms with Gasteiger partial charge < -0.3 is 10.2 Å². The molecule has 4 nitrogen and oxygen atoms in total. The second kappa shape index (κ2) is 10.6. The highest BCUT2D eigenvalue weighted by Crippen LogP contribution is 2.16. The maximum absolute atomic E-state index is 14.2. The van der Waals surface area contributed by atoms with Gasteiger partial charge in [-0.2, -0.15) is 0 Å². The van der Waals surface area contributed by atoms with Crippen molar-refractivity contribution in [2.75, 3.05) is 6.54 Å². The van der Waals surface area contributed by atoms with Crippen LogP contribution in [-0.2, 0) is 22.6 Å². The Morgan fingerprint density at radius 2 is 1.71 bits per heavy atom. The molecule has 2 aromatic carbocycles. The Kier molecular flexibility index (Phi) is 8.18.